The predicted molar refractivity (Wildman–Crippen MR) is 76.9 cm³/mol. The largest absolute Gasteiger partial charge is 0.376 e. The van der Waals surface area contributed by atoms with E-state index in [4.69, 9.17) is 0 Å². The van der Waals surface area contributed by atoms with Crippen molar-refractivity contribution in [2.75, 3.05) is 33.1 Å². The van der Waals surface area contributed by atoms with Gasteiger partial charge < -0.3 is 4.90 Å². The third kappa shape index (κ3) is 2.29. The van der Waals surface area contributed by atoms with Crippen LogP contribution < -0.4 is 4.90 Å². The number of para-hydroxylation sites is 1. The highest BCUT2D eigenvalue weighted by Crippen LogP contribution is 2.32. The molecule has 102 valence electrons. The Morgan fingerprint density at radius 3 is 2.26 bits per heavy atom. The fourth-order valence-electron chi connectivity index (χ4n) is 1.96. The van der Waals surface area contributed by atoms with E-state index in [1.807, 2.05) is 38.4 Å². The molecule has 0 aliphatic heterocycles. The van der Waals surface area contributed by atoms with Crippen LogP contribution in [0.15, 0.2) is 35.4 Å². The minimum atomic E-state index is -3.51. The molecule has 0 radical (unpaired) electrons. The monoisotopic (exact) mass is 279 g/mol. The number of fused-ring (bicyclic) bond motifs is 1. The van der Waals surface area contributed by atoms with Crippen LogP contribution >= 0.6 is 0 Å². The average Bonchev–Trinajstić information content (AvgIpc) is 2.36. The van der Waals surface area contributed by atoms with Gasteiger partial charge in [-0.2, -0.15) is 0 Å². The lowest BCUT2D eigenvalue weighted by atomic mass is 10.2. The van der Waals surface area contributed by atoms with Crippen molar-refractivity contribution in [3.05, 3.63) is 30.5 Å². The first kappa shape index (κ1) is 13.8. The highest BCUT2D eigenvalue weighted by Gasteiger charge is 2.24. The van der Waals surface area contributed by atoms with E-state index in [-0.39, 0.29) is 4.90 Å². The lowest BCUT2D eigenvalue weighted by molar-refractivity contribution is 0.520. The molecule has 1 aromatic carbocycles. The van der Waals surface area contributed by atoms with Gasteiger partial charge in [0.15, 0.2) is 0 Å². The van der Waals surface area contributed by atoms with Crippen LogP contribution in [-0.4, -0.2) is 45.9 Å². The van der Waals surface area contributed by atoms with Gasteiger partial charge in [0.25, 0.3) is 0 Å². The predicted octanol–water partition coefficient (Wildman–Crippen LogP) is 1.55. The summed E-state index contributed by atoms with van der Waals surface area (Å²) in [5.74, 6) is 0. The SMILES string of the molecule is CN(C)c1c(S(=O)(=O)N(C)C)cnc2ccccc12. The topological polar surface area (TPSA) is 53.5 Å². The number of benzene rings is 1. The van der Waals surface area contributed by atoms with Crippen LogP contribution in [0.5, 0.6) is 0 Å². The van der Waals surface area contributed by atoms with Crippen molar-refractivity contribution in [3.8, 4) is 0 Å². The molecular formula is C13H17N3O2S. The van der Waals surface area contributed by atoms with Gasteiger partial charge in [-0.3, -0.25) is 4.98 Å². The summed E-state index contributed by atoms with van der Waals surface area (Å²) >= 11 is 0. The zero-order valence-corrected chi connectivity index (χ0v) is 12.3. The summed E-state index contributed by atoms with van der Waals surface area (Å²) in [6.07, 6.45) is 1.42. The van der Waals surface area contributed by atoms with Crippen LogP contribution in [0.1, 0.15) is 0 Å². The summed E-state index contributed by atoms with van der Waals surface area (Å²) in [7, 11) is 3.18. The van der Waals surface area contributed by atoms with Gasteiger partial charge in [-0.15, -0.1) is 0 Å². The van der Waals surface area contributed by atoms with E-state index in [1.54, 1.807) is 4.90 Å². The minimum Gasteiger partial charge on any atom is -0.376 e. The second-order valence-electron chi connectivity index (χ2n) is 4.67. The lowest BCUT2D eigenvalue weighted by Gasteiger charge is -2.21. The van der Waals surface area contributed by atoms with Crippen LogP contribution in [0.2, 0.25) is 0 Å². The fourth-order valence-corrected chi connectivity index (χ4v) is 3.07. The second kappa shape index (κ2) is 4.79. The molecule has 0 aliphatic rings. The van der Waals surface area contributed by atoms with Crippen LogP contribution in [0, 0.1) is 0 Å². The van der Waals surface area contributed by atoms with E-state index in [9.17, 15) is 8.42 Å². The normalized spacial score (nSPS) is 12.1. The van der Waals surface area contributed by atoms with Gasteiger partial charge in [-0.05, 0) is 6.07 Å². The quantitative estimate of drug-likeness (QED) is 0.855. The Balaban J connectivity index is 2.87. The molecule has 0 N–H and O–H groups in total. The molecule has 5 nitrogen and oxygen atoms in total. The van der Waals surface area contributed by atoms with Crippen molar-refractivity contribution in [1.29, 1.82) is 0 Å². The number of anilines is 1. The van der Waals surface area contributed by atoms with Crippen LogP contribution in [-0.2, 0) is 10.0 Å². The molecule has 2 rings (SSSR count). The highest BCUT2D eigenvalue weighted by molar-refractivity contribution is 7.89. The number of nitrogens with zero attached hydrogens (tertiary/aromatic N) is 3. The Kier molecular flexibility index (Phi) is 3.47. The fraction of sp³-hybridized carbons (Fsp3) is 0.308. The van der Waals surface area contributed by atoms with E-state index < -0.39 is 10.0 Å². The maximum atomic E-state index is 12.4. The van der Waals surface area contributed by atoms with Gasteiger partial charge in [0.05, 0.1) is 11.2 Å². The summed E-state index contributed by atoms with van der Waals surface area (Å²) in [6, 6.07) is 7.51. The zero-order chi connectivity index (χ0) is 14.2. The molecule has 19 heavy (non-hydrogen) atoms. The Hall–Kier alpha value is -1.66. The maximum Gasteiger partial charge on any atom is 0.246 e. The zero-order valence-electron chi connectivity index (χ0n) is 11.5. The molecular weight excluding hydrogens is 262 g/mol. The van der Waals surface area contributed by atoms with Crippen LogP contribution in [0.4, 0.5) is 5.69 Å². The van der Waals surface area contributed by atoms with E-state index in [0.717, 1.165) is 10.9 Å². The molecule has 6 heteroatoms. The van der Waals surface area contributed by atoms with E-state index in [1.165, 1.54) is 24.6 Å². The minimum absolute atomic E-state index is 0.223. The highest BCUT2D eigenvalue weighted by atomic mass is 32.2. The molecule has 0 atom stereocenters. The lowest BCUT2D eigenvalue weighted by Crippen LogP contribution is -2.25. The summed E-state index contributed by atoms with van der Waals surface area (Å²) in [5.41, 5.74) is 1.45. The van der Waals surface area contributed by atoms with E-state index in [2.05, 4.69) is 4.98 Å². The van der Waals surface area contributed by atoms with Crippen LogP contribution in [0.25, 0.3) is 10.9 Å². The van der Waals surface area contributed by atoms with Crippen molar-refractivity contribution >= 4 is 26.6 Å². The Morgan fingerprint density at radius 2 is 1.68 bits per heavy atom. The first-order chi connectivity index (χ1) is 8.85. The van der Waals surface area contributed by atoms with Crippen molar-refractivity contribution in [1.82, 2.24) is 9.29 Å². The van der Waals surface area contributed by atoms with Crippen LogP contribution in [0.3, 0.4) is 0 Å². The molecule has 0 fully saturated rings. The third-order valence-corrected chi connectivity index (χ3v) is 4.74. The molecule has 0 aliphatic carbocycles. The molecule has 1 aromatic heterocycles. The second-order valence-corrected chi connectivity index (χ2v) is 6.79. The number of sulfonamides is 1. The number of aromatic nitrogens is 1. The van der Waals surface area contributed by atoms with Crippen molar-refractivity contribution < 1.29 is 8.42 Å². The van der Waals surface area contributed by atoms with Crippen molar-refractivity contribution in [3.63, 3.8) is 0 Å². The smallest absolute Gasteiger partial charge is 0.246 e. The Labute approximate surface area is 113 Å². The van der Waals surface area contributed by atoms with Crippen molar-refractivity contribution in [2.45, 2.75) is 4.90 Å². The van der Waals surface area contributed by atoms with E-state index in [0.29, 0.717) is 5.69 Å². The van der Waals surface area contributed by atoms with Gasteiger partial charge in [0.2, 0.25) is 10.0 Å². The number of hydrogen-bond donors (Lipinski definition) is 0. The summed E-state index contributed by atoms with van der Waals surface area (Å²) in [6.45, 7) is 0. The third-order valence-electron chi connectivity index (χ3n) is 2.92. The van der Waals surface area contributed by atoms with Gasteiger partial charge >= 0.3 is 0 Å². The van der Waals surface area contributed by atoms with E-state index >= 15 is 0 Å². The van der Waals surface area contributed by atoms with Crippen molar-refractivity contribution in [2.24, 2.45) is 0 Å². The van der Waals surface area contributed by atoms with Gasteiger partial charge in [-0.1, -0.05) is 18.2 Å². The van der Waals surface area contributed by atoms with Gasteiger partial charge in [0, 0.05) is 39.8 Å². The number of pyridine rings is 1. The number of rotatable bonds is 3. The maximum absolute atomic E-state index is 12.4. The average molecular weight is 279 g/mol. The van der Waals surface area contributed by atoms with Gasteiger partial charge in [0.1, 0.15) is 4.90 Å². The first-order valence-electron chi connectivity index (χ1n) is 5.83. The molecule has 0 unspecified atom stereocenters. The molecule has 0 saturated heterocycles. The molecule has 0 bridgehead atoms. The molecule has 0 amide bonds. The Morgan fingerprint density at radius 1 is 1.05 bits per heavy atom. The molecule has 2 aromatic rings. The number of hydrogen-bond acceptors (Lipinski definition) is 4. The molecule has 0 saturated carbocycles. The molecule has 0 spiro atoms. The molecule has 1 heterocycles. The standard InChI is InChI=1S/C13H17N3O2S/c1-15(2)13-10-7-5-6-8-11(10)14-9-12(13)19(17,18)16(3)4/h5-9H,1-4H3. The first-order valence-corrected chi connectivity index (χ1v) is 7.27. The van der Waals surface area contributed by atoms with Gasteiger partial charge in [-0.25, -0.2) is 12.7 Å². The summed E-state index contributed by atoms with van der Waals surface area (Å²) in [4.78, 5) is 6.27. The Bertz CT molecular complexity index is 709. The summed E-state index contributed by atoms with van der Waals surface area (Å²) in [5, 5.41) is 0.829. The summed E-state index contributed by atoms with van der Waals surface area (Å²) < 4.78 is 25.9.